The van der Waals surface area contributed by atoms with Crippen LogP contribution in [-0.4, -0.2) is 66.5 Å². The maximum Gasteiger partial charge on any atom is 0.240 e. The molecule has 0 saturated heterocycles. The summed E-state index contributed by atoms with van der Waals surface area (Å²) in [5.74, 6) is 1.88. The zero-order chi connectivity index (χ0) is 19.6. The Bertz CT molecular complexity index is 804. The zero-order valence-corrected chi connectivity index (χ0v) is 16.9. The summed E-state index contributed by atoms with van der Waals surface area (Å²) < 4.78 is 0. The summed E-state index contributed by atoms with van der Waals surface area (Å²) in [6.45, 7) is 3.17. The highest BCUT2D eigenvalue weighted by Gasteiger charge is 2.31. The van der Waals surface area contributed by atoms with Crippen molar-refractivity contribution in [1.29, 1.82) is 0 Å². The monoisotopic (exact) mass is 367 g/mol. The SMILES string of the molecule is Cc1nc2c(c(N(C)C)n1)CCN(C(=O)[C@H](Cc1ccccc1)N(C)C)C2. The van der Waals surface area contributed by atoms with Gasteiger partial charge in [-0.1, -0.05) is 30.3 Å². The molecule has 3 rings (SSSR count). The van der Waals surface area contributed by atoms with Crippen LogP contribution in [-0.2, 0) is 24.2 Å². The number of hydrogen-bond donors (Lipinski definition) is 0. The van der Waals surface area contributed by atoms with E-state index in [2.05, 4.69) is 22.1 Å². The largest absolute Gasteiger partial charge is 0.362 e. The number of aromatic nitrogens is 2. The van der Waals surface area contributed by atoms with Crippen molar-refractivity contribution in [3.8, 4) is 0 Å². The van der Waals surface area contributed by atoms with Gasteiger partial charge in [0, 0.05) is 26.2 Å². The van der Waals surface area contributed by atoms with Gasteiger partial charge in [-0.05, 0) is 39.4 Å². The summed E-state index contributed by atoms with van der Waals surface area (Å²) in [7, 11) is 7.95. The molecule has 6 nitrogen and oxygen atoms in total. The Morgan fingerprint density at radius 1 is 1.15 bits per heavy atom. The van der Waals surface area contributed by atoms with Gasteiger partial charge in [0.2, 0.25) is 5.91 Å². The van der Waals surface area contributed by atoms with Crippen molar-refractivity contribution in [3.05, 3.63) is 53.0 Å². The Labute approximate surface area is 161 Å². The average Bonchev–Trinajstić information content (AvgIpc) is 2.64. The zero-order valence-electron chi connectivity index (χ0n) is 16.9. The fourth-order valence-corrected chi connectivity index (χ4v) is 3.63. The standard InChI is InChI=1S/C21H29N5O/c1-15-22-18-14-26(12-11-17(18)20(23-15)25(4)5)21(27)19(24(2)3)13-16-9-7-6-8-10-16/h6-10,19H,11-14H2,1-5H3/t19-/m0/s1. The maximum absolute atomic E-state index is 13.3. The number of aryl methyl sites for hydroxylation is 1. The van der Waals surface area contributed by atoms with Crippen molar-refractivity contribution in [2.24, 2.45) is 0 Å². The minimum atomic E-state index is -0.176. The summed E-state index contributed by atoms with van der Waals surface area (Å²) in [5.41, 5.74) is 3.32. The predicted octanol–water partition coefficient (Wildman–Crippen LogP) is 1.91. The molecule has 1 aliphatic rings. The quantitative estimate of drug-likeness (QED) is 0.808. The van der Waals surface area contributed by atoms with Crippen LogP contribution >= 0.6 is 0 Å². The van der Waals surface area contributed by atoms with Crippen molar-refractivity contribution in [2.45, 2.75) is 32.4 Å². The molecule has 1 atom stereocenters. The van der Waals surface area contributed by atoms with Crippen LogP contribution in [0.25, 0.3) is 0 Å². The lowest BCUT2D eigenvalue weighted by molar-refractivity contribution is -0.137. The van der Waals surface area contributed by atoms with Crippen LogP contribution < -0.4 is 4.90 Å². The molecule has 0 spiro atoms. The molecule has 1 aliphatic heterocycles. The second-order valence-electron chi connectivity index (χ2n) is 7.59. The van der Waals surface area contributed by atoms with Crippen LogP contribution in [0.1, 0.15) is 22.6 Å². The molecule has 0 N–H and O–H groups in total. The number of anilines is 1. The van der Waals surface area contributed by atoms with Crippen LogP contribution in [0.2, 0.25) is 0 Å². The number of hydrogen-bond acceptors (Lipinski definition) is 5. The number of likely N-dealkylation sites (N-methyl/N-ethyl adjacent to an activating group) is 1. The minimum absolute atomic E-state index is 0.164. The Kier molecular flexibility index (Phi) is 5.75. The predicted molar refractivity (Wildman–Crippen MR) is 108 cm³/mol. The van der Waals surface area contributed by atoms with Crippen LogP contribution in [0.15, 0.2) is 30.3 Å². The third kappa shape index (κ3) is 4.27. The van der Waals surface area contributed by atoms with E-state index in [1.807, 2.05) is 68.0 Å². The van der Waals surface area contributed by atoms with E-state index >= 15 is 0 Å². The van der Waals surface area contributed by atoms with E-state index in [0.717, 1.165) is 23.8 Å². The molecule has 2 heterocycles. The Hall–Kier alpha value is -2.47. The lowest BCUT2D eigenvalue weighted by Crippen LogP contribution is -2.49. The van der Waals surface area contributed by atoms with Gasteiger partial charge in [-0.3, -0.25) is 9.69 Å². The molecule has 0 saturated carbocycles. The molecule has 1 aromatic carbocycles. The maximum atomic E-state index is 13.3. The molecule has 0 radical (unpaired) electrons. The molecule has 0 fully saturated rings. The van der Waals surface area contributed by atoms with Gasteiger partial charge < -0.3 is 9.80 Å². The van der Waals surface area contributed by atoms with E-state index in [0.29, 0.717) is 19.5 Å². The molecule has 27 heavy (non-hydrogen) atoms. The average molecular weight is 367 g/mol. The number of carbonyl (C=O) groups is 1. The van der Waals surface area contributed by atoms with Gasteiger partial charge in [0.15, 0.2) is 0 Å². The minimum Gasteiger partial charge on any atom is -0.362 e. The van der Waals surface area contributed by atoms with E-state index in [4.69, 9.17) is 0 Å². The van der Waals surface area contributed by atoms with E-state index < -0.39 is 0 Å². The molecular weight excluding hydrogens is 338 g/mol. The first-order valence-electron chi connectivity index (χ1n) is 9.39. The number of nitrogens with zero attached hydrogens (tertiary/aromatic N) is 5. The number of fused-ring (bicyclic) bond motifs is 1. The molecule has 0 bridgehead atoms. The van der Waals surface area contributed by atoms with Gasteiger partial charge >= 0.3 is 0 Å². The summed E-state index contributed by atoms with van der Waals surface area (Å²) in [5, 5.41) is 0. The molecule has 1 aromatic heterocycles. The van der Waals surface area contributed by atoms with Gasteiger partial charge in [-0.25, -0.2) is 9.97 Å². The summed E-state index contributed by atoms with van der Waals surface area (Å²) >= 11 is 0. The number of amides is 1. The molecule has 2 aromatic rings. The van der Waals surface area contributed by atoms with Crippen molar-refractivity contribution in [1.82, 2.24) is 19.8 Å². The van der Waals surface area contributed by atoms with Crippen molar-refractivity contribution in [2.75, 3.05) is 39.6 Å². The fraction of sp³-hybridized carbons (Fsp3) is 0.476. The van der Waals surface area contributed by atoms with Gasteiger partial charge in [0.1, 0.15) is 11.6 Å². The third-order valence-electron chi connectivity index (χ3n) is 5.07. The summed E-state index contributed by atoms with van der Waals surface area (Å²) in [6, 6.07) is 10.0. The molecule has 0 unspecified atom stereocenters. The first-order chi connectivity index (χ1) is 12.9. The Morgan fingerprint density at radius 3 is 2.48 bits per heavy atom. The molecule has 6 heteroatoms. The van der Waals surface area contributed by atoms with E-state index in [1.165, 1.54) is 11.1 Å². The molecule has 0 aliphatic carbocycles. The first-order valence-corrected chi connectivity index (χ1v) is 9.39. The van der Waals surface area contributed by atoms with Gasteiger partial charge in [-0.15, -0.1) is 0 Å². The third-order valence-corrected chi connectivity index (χ3v) is 5.07. The van der Waals surface area contributed by atoms with Crippen LogP contribution in [0.3, 0.4) is 0 Å². The second kappa shape index (κ2) is 8.05. The van der Waals surface area contributed by atoms with Crippen molar-refractivity contribution >= 4 is 11.7 Å². The van der Waals surface area contributed by atoms with Crippen molar-refractivity contribution < 1.29 is 4.79 Å². The highest BCUT2D eigenvalue weighted by molar-refractivity contribution is 5.82. The topological polar surface area (TPSA) is 52.6 Å². The smallest absolute Gasteiger partial charge is 0.240 e. The summed E-state index contributed by atoms with van der Waals surface area (Å²) in [4.78, 5) is 28.5. The van der Waals surface area contributed by atoms with Crippen LogP contribution in [0.4, 0.5) is 5.82 Å². The van der Waals surface area contributed by atoms with E-state index in [9.17, 15) is 4.79 Å². The lowest BCUT2D eigenvalue weighted by atomic mass is 10.0. The Morgan fingerprint density at radius 2 is 1.85 bits per heavy atom. The Balaban J connectivity index is 1.81. The normalized spacial score (nSPS) is 14.8. The number of benzene rings is 1. The van der Waals surface area contributed by atoms with Gasteiger partial charge in [0.05, 0.1) is 18.3 Å². The van der Waals surface area contributed by atoms with E-state index in [-0.39, 0.29) is 11.9 Å². The molecule has 1 amide bonds. The van der Waals surface area contributed by atoms with Crippen LogP contribution in [0.5, 0.6) is 0 Å². The number of carbonyl (C=O) groups excluding carboxylic acids is 1. The number of rotatable bonds is 5. The van der Waals surface area contributed by atoms with E-state index in [1.54, 1.807) is 0 Å². The van der Waals surface area contributed by atoms with Gasteiger partial charge in [0.25, 0.3) is 0 Å². The van der Waals surface area contributed by atoms with Gasteiger partial charge in [-0.2, -0.15) is 0 Å². The second-order valence-corrected chi connectivity index (χ2v) is 7.59. The first kappa shape index (κ1) is 19.3. The fourth-order valence-electron chi connectivity index (χ4n) is 3.63. The van der Waals surface area contributed by atoms with Crippen LogP contribution in [0, 0.1) is 6.92 Å². The molecular formula is C21H29N5O. The summed E-state index contributed by atoms with van der Waals surface area (Å²) in [6.07, 6.45) is 1.50. The molecule has 144 valence electrons. The van der Waals surface area contributed by atoms with Crippen molar-refractivity contribution in [3.63, 3.8) is 0 Å². The highest BCUT2D eigenvalue weighted by atomic mass is 16.2. The highest BCUT2D eigenvalue weighted by Crippen LogP contribution is 2.26. The lowest BCUT2D eigenvalue weighted by Gasteiger charge is -2.34.